The number of nitrogens with zero attached hydrogens (tertiary/aromatic N) is 3. The van der Waals surface area contributed by atoms with Crippen LogP contribution in [0.4, 0.5) is 15.8 Å². The molecule has 184 valence electrons. The molecule has 0 saturated carbocycles. The first-order valence-electron chi connectivity index (χ1n) is 12.1. The molecule has 0 spiro atoms. The van der Waals surface area contributed by atoms with Crippen molar-refractivity contribution in [1.82, 2.24) is 10.2 Å². The molecule has 5 rings (SSSR count). The Morgan fingerprint density at radius 3 is 2.54 bits per heavy atom. The molecule has 0 unspecified atom stereocenters. The van der Waals surface area contributed by atoms with Gasteiger partial charge in [0, 0.05) is 36.8 Å². The van der Waals surface area contributed by atoms with E-state index in [0.717, 1.165) is 57.4 Å². The first kappa shape index (κ1) is 23.6. The summed E-state index contributed by atoms with van der Waals surface area (Å²) in [7, 11) is 0. The maximum atomic E-state index is 13.5. The van der Waals surface area contributed by atoms with Gasteiger partial charge in [-0.05, 0) is 68.0 Å². The molecule has 3 aliphatic heterocycles. The summed E-state index contributed by atoms with van der Waals surface area (Å²) in [5.41, 5.74) is 2.58. The number of piperidine rings is 1. The molecule has 2 fully saturated rings. The minimum absolute atomic E-state index is 0.0473. The molecular weight excluding hydrogens is 471 g/mol. The zero-order chi connectivity index (χ0) is 24.5. The van der Waals surface area contributed by atoms with Gasteiger partial charge in [0.2, 0.25) is 11.8 Å². The second-order valence-electron chi connectivity index (χ2n) is 9.34. The van der Waals surface area contributed by atoms with Crippen molar-refractivity contribution in [2.45, 2.75) is 44.7 Å². The summed E-state index contributed by atoms with van der Waals surface area (Å²) in [6.45, 7) is 2.19. The number of hydrogen-bond donors (Lipinski definition) is 1. The Balaban J connectivity index is 1.39. The number of rotatable bonds is 5. The van der Waals surface area contributed by atoms with Gasteiger partial charge in [0.15, 0.2) is 0 Å². The third-order valence-corrected chi connectivity index (χ3v) is 7.41. The number of likely N-dealkylation sites (tertiary alicyclic amines) is 1. The van der Waals surface area contributed by atoms with Crippen LogP contribution in [-0.4, -0.2) is 54.8 Å². The Kier molecular flexibility index (Phi) is 6.65. The van der Waals surface area contributed by atoms with Crippen LogP contribution in [0.3, 0.4) is 0 Å². The number of halogens is 2. The van der Waals surface area contributed by atoms with Crippen LogP contribution in [0.25, 0.3) is 0 Å². The van der Waals surface area contributed by atoms with Gasteiger partial charge >= 0.3 is 0 Å². The summed E-state index contributed by atoms with van der Waals surface area (Å²) in [6, 6.07) is 9.19. The second kappa shape index (κ2) is 9.85. The van der Waals surface area contributed by atoms with E-state index in [9.17, 15) is 18.8 Å². The molecule has 2 aromatic rings. The van der Waals surface area contributed by atoms with Crippen LogP contribution < -0.4 is 15.1 Å². The van der Waals surface area contributed by atoms with Crippen LogP contribution in [0.1, 0.15) is 48.0 Å². The van der Waals surface area contributed by atoms with Crippen LogP contribution in [-0.2, 0) is 16.1 Å². The third kappa shape index (κ3) is 4.72. The van der Waals surface area contributed by atoms with Gasteiger partial charge in [-0.1, -0.05) is 17.7 Å². The first-order chi connectivity index (χ1) is 16.9. The molecule has 35 heavy (non-hydrogen) atoms. The molecule has 0 aromatic heterocycles. The summed E-state index contributed by atoms with van der Waals surface area (Å²) in [5, 5.41) is 3.01. The molecule has 0 bridgehead atoms. The molecule has 0 radical (unpaired) electrons. The molecule has 3 amide bonds. The van der Waals surface area contributed by atoms with Crippen molar-refractivity contribution in [1.29, 1.82) is 0 Å². The van der Waals surface area contributed by atoms with Crippen molar-refractivity contribution in [3.8, 4) is 0 Å². The SMILES string of the molecule is O=C(CN1C(=O)[C@@H]2CCCCN2c2ccc(C(=O)N3CCCC3)cc21)NCc1ccc(F)cc1Cl. The summed E-state index contributed by atoms with van der Waals surface area (Å²) in [6.07, 6.45) is 4.67. The van der Waals surface area contributed by atoms with Gasteiger partial charge in [-0.2, -0.15) is 0 Å². The Labute approximate surface area is 208 Å². The third-order valence-electron chi connectivity index (χ3n) is 7.06. The number of fused-ring (bicyclic) bond motifs is 3. The minimum Gasteiger partial charge on any atom is -0.358 e. The standard InChI is InChI=1S/C26H28ClFN4O3/c27-20-14-19(28)8-6-18(20)15-29-24(33)16-32-23-13-17(25(34)30-10-3-4-11-30)7-9-21(23)31-12-2-1-5-22(31)26(32)35/h6-9,13-14,22H,1-5,10-12,15-16H2,(H,29,33)/t22-/m0/s1. The van der Waals surface area contributed by atoms with Crippen LogP contribution >= 0.6 is 11.6 Å². The highest BCUT2D eigenvalue weighted by Crippen LogP contribution is 2.40. The molecule has 1 atom stereocenters. The maximum Gasteiger partial charge on any atom is 0.253 e. The minimum atomic E-state index is -0.447. The van der Waals surface area contributed by atoms with Gasteiger partial charge in [-0.3, -0.25) is 19.3 Å². The van der Waals surface area contributed by atoms with Gasteiger partial charge in [0.05, 0.1) is 11.4 Å². The lowest BCUT2D eigenvalue weighted by atomic mass is 9.95. The topological polar surface area (TPSA) is 73.0 Å². The molecule has 1 N–H and O–H groups in total. The van der Waals surface area contributed by atoms with Crippen LogP contribution in [0.2, 0.25) is 5.02 Å². The first-order valence-corrected chi connectivity index (χ1v) is 12.5. The highest BCUT2D eigenvalue weighted by Gasteiger charge is 2.40. The monoisotopic (exact) mass is 498 g/mol. The van der Waals surface area contributed by atoms with Gasteiger partial charge in [0.1, 0.15) is 18.4 Å². The fourth-order valence-corrected chi connectivity index (χ4v) is 5.45. The summed E-state index contributed by atoms with van der Waals surface area (Å²) < 4.78 is 13.3. The summed E-state index contributed by atoms with van der Waals surface area (Å²) in [4.78, 5) is 44.9. The Bertz CT molecular complexity index is 1170. The van der Waals surface area contributed by atoms with E-state index in [0.29, 0.717) is 16.8 Å². The van der Waals surface area contributed by atoms with E-state index >= 15 is 0 Å². The van der Waals surface area contributed by atoms with E-state index in [1.165, 1.54) is 23.1 Å². The van der Waals surface area contributed by atoms with Crippen molar-refractivity contribution in [2.75, 3.05) is 36.0 Å². The number of anilines is 2. The van der Waals surface area contributed by atoms with Crippen molar-refractivity contribution >= 4 is 40.7 Å². The number of nitrogens with one attached hydrogen (secondary N) is 1. The molecule has 9 heteroatoms. The average Bonchev–Trinajstić information content (AvgIpc) is 3.40. The lowest BCUT2D eigenvalue weighted by Crippen LogP contribution is -2.57. The Morgan fingerprint density at radius 1 is 1.00 bits per heavy atom. The largest absolute Gasteiger partial charge is 0.358 e. The fraction of sp³-hybridized carbons (Fsp3) is 0.423. The number of carbonyl (C=O) groups is 3. The number of hydrogen-bond acceptors (Lipinski definition) is 4. The average molecular weight is 499 g/mol. The predicted octanol–water partition coefficient (Wildman–Crippen LogP) is 3.74. The molecule has 3 heterocycles. The molecule has 7 nitrogen and oxygen atoms in total. The van der Waals surface area contributed by atoms with E-state index in [-0.39, 0.29) is 41.9 Å². The second-order valence-corrected chi connectivity index (χ2v) is 9.75. The van der Waals surface area contributed by atoms with E-state index < -0.39 is 5.82 Å². The van der Waals surface area contributed by atoms with Crippen LogP contribution in [0, 0.1) is 5.82 Å². The number of amides is 3. The lowest BCUT2D eigenvalue weighted by Gasteiger charge is -2.45. The van der Waals surface area contributed by atoms with E-state index in [1.807, 2.05) is 17.0 Å². The van der Waals surface area contributed by atoms with E-state index in [4.69, 9.17) is 11.6 Å². The zero-order valence-corrected chi connectivity index (χ0v) is 20.2. The maximum absolute atomic E-state index is 13.5. The van der Waals surface area contributed by atoms with Crippen molar-refractivity contribution < 1.29 is 18.8 Å². The highest BCUT2D eigenvalue weighted by atomic mass is 35.5. The van der Waals surface area contributed by atoms with Gasteiger partial charge in [0.25, 0.3) is 5.91 Å². The predicted molar refractivity (Wildman–Crippen MR) is 132 cm³/mol. The fourth-order valence-electron chi connectivity index (χ4n) is 5.22. The Morgan fingerprint density at radius 2 is 1.77 bits per heavy atom. The summed E-state index contributed by atoms with van der Waals surface area (Å²) >= 11 is 6.07. The zero-order valence-electron chi connectivity index (χ0n) is 19.4. The number of carbonyl (C=O) groups excluding carboxylic acids is 3. The quantitative estimate of drug-likeness (QED) is 0.681. The van der Waals surface area contributed by atoms with Gasteiger partial charge in [-0.25, -0.2) is 4.39 Å². The normalized spacial score (nSPS) is 19.4. The van der Waals surface area contributed by atoms with Crippen molar-refractivity contribution in [2.24, 2.45) is 0 Å². The van der Waals surface area contributed by atoms with Gasteiger partial charge < -0.3 is 15.1 Å². The smallest absolute Gasteiger partial charge is 0.253 e. The Hall–Kier alpha value is -3.13. The molecule has 0 aliphatic carbocycles. The molecule has 2 saturated heterocycles. The van der Waals surface area contributed by atoms with Crippen molar-refractivity contribution in [3.05, 3.63) is 58.4 Å². The van der Waals surface area contributed by atoms with E-state index in [2.05, 4.69) is 10.2 Å². The molecule has 3 aliphatic rings. The molecular formula is C26H28ClFN4O3. The van der Waals surface area contributed by atoms with Crippen LogP contribution in [0.5, 0.6) is 0 Å². The molecule has 2 aromatic carbocycles. The van der Waals surface area contributed by atoms with Gasteiger partial charge in [-0.15, -0.1) is 0 Å². The van der Waals surface area contributed by atoms with Crippen LogP contribution in [0.15, 0.2) is 36.4 Å². The summed E-state index contributed by atoms with van der Waals surface area (Å²) in [5.74, 6) is -0.978. The highest BCUT2D eigenvalue weighted by molar-refractivity contribution is 6.31. The van der Waals surface area contributed by atoms with Crippen molar-refractivity contribution in [3.63, 3.8) is 0 Å². The number of benzene rings is 2. The lowest BCUT2D eigenvalue weighted by molar-refractivity contribution is -0.125. The van der Waals surface area contributed by atoms with E-state index in [1.54, 1.807) is 6.07 Å².